The van der Waals surface area contributed by atoms with Gasteiger partial charge >= 0.3 is 6.09 Å². The number of benzene rings is 2. The number of piperidine rings is 1. The number of amides is 1. The zero-order valence-electron chi connectivity index (χ0n) is 27.7. The van der Waals surface area contributed by atoms with Crippen LogP contribution in [-0.2, 0) is 22.3 Å². The van der Waals surface area contributed by atoms with Crippen molar-refractivity contribution < 1.29 is 22.7 Å². The molecule has 48 heavy (non-hydrogen) atoms. The molecule has 4 fully saturated rings. The molecular formula is C36H47FN6O4S. The first-order chi connectivity index (χ1) is 23.1. The number of aromatic nitrogens is 2. The number of nitrogens with one attached hydrogen (secondary N) is 1. The van der Waals surface area contributed by atoms with E-state index in [9.17, 15) is 22.7 Å². The van der Waals surface area contributed by atoms with Crippen LogP contribution in [0.15, 0.2) is 70.7 Å². The minimum atomic E-state index is -3.59. The molecule has 2 N–H and O–H groups in total. The molecule has 3 atom stereocenters. The van der Waals surface area contributed by atoms with E-state index in [4.69, 9.17) is 0 Å². The highest BCUT2D eigenvalue weighted by Crippen LogP contribution is 2.51. The van der Waals surface area contributed by atoms with Crippen LogP contribution in [0, 0.1) is 23.6 Å². The predicted molar refractivity (Wildman–Crippen MR) is 181 cm³/mol. The average molecular weight is 679 g/mol. The monoisotopic (exact) mass is 678 g/mol. The highest BCUT2D eigenvalue weighted by molar-refractivity contribution is 7.91. The predicted octanol–water partition coefficient (Wildman–Crippen LogP) is 4.62. The maximum absolute atomic E-state index is 14.9. The van der Waals surface area contributed by atoms with Crippen LogP contribution >= 0.6 is 0 Å². The SMILES string of the molecule is Cn1cc(S(=O)(=O)c2ccc(N3CC(CN4CCC(C(CN5CCC5)(c5cccc(F)c5)[C@H]5CCC[C@@H]5NC(=O)O)CC4)C3)cc2)cn1. The number of rotatable bonds is 11. The summed E-state index contributed by atoms with van der Waals surface area (Å²) in [6, 6.07) is 14.2. The van der Waals surface area contributed by atoms with E-state index in [2.05, 4.69) is 31.2 Å². The first kappa shape index (κ1) is 33.0. The van der Waals surface area contributed by atoms with Crippen molar-refractivity contribution in [3.63, 3.8) is 0 Å². The van der Waals surface area contributed by atoms with Crippen molar-refractivity contribution in [3.05, 3.63) is 72.3 Å². The zero-order chi connectivity index (χ0) is 33.5. The number of carbonyl (C=O) groups is 1. The molecule has 3 saturated heterocycles. The molecule has 3 aliphatic heterocycles. The van der Waals surface area contributed by atoms with E-state index in [1.54, 1.807) is 25.2 Å². The molecule has 0 spiro atoms. The van der Waals surface area contributed by atoms with Crippen molar-refractivity contribution in [2.75, 3.05) is 57.3 Å². The summed E-state index contributed by atoms with van der Waals surface area (Å²) in [6.07, 6.45) is 7.85. The van der Waals surface area contributed by atoms with E-state index in [1.807, 2.05) is 18.2 Å². The standard InChI is InChI=1S/C36H47FN6O4S/c1-40-24-32(20-38-40)48(46,47)31-11-9-30(10-12-31)43-22-26(23-43)21-41-17-13-27(14-18-41)36(25-42-15-4-16-42,28-5-2-6-29(37)19-28)33-7-3-8-34(33)39-35(44)45/h2,5-6,9-12,19-20,24,26-27,33-34,39H,3-4,7-8,13-18,21-23,25H2,1H3,(H,44,45)/t33-,34-,36?/m0/s1. The van der Waals surface area contributed by atoms with Gasteiger partial charge in [-0.1, -0.05) is 18.6 Å². The van der Waals surface area contributed by atoms with Crippen molar-refractivity contribution in [3.8, 4) is 0 Å². The molecule has 258 valence electrons. The van der Waals surface area contributed by atoms with E-state index < -0.39 is 15.9 Å². The van der Waals surface area contributed by atoms with Crippen molar-refractivity contribution in [1.29, 1.82) is 0 Å². The summed E-state index contributed by atoms with van der Waals surface area (Å²) in [4.78, 5) is 19.7. The summed E-state index contributed by atoms with van der Waals surface area (Å²) in [5.41, 5.74) is 1.75. The lowest BCUT2D eigenvalue weighted by molar-refractivity contribution is 0.0226. The van der Waals surface area contributed by atoms with Crippen LogP contribution in [0.4, 0.5) is 14.9 Å². The molecule has 1 amide bonds. The Hall–Kier alpha value is -3.48. The second kappa shape index (κ2) is 13.4. The van der Waals surface area contributed by atoms with Crippen LogP contribution in [0.25, 0.3) is 0 Å². The summed E-state index contributed by atoms with van der Waals surface area (Å²) < 4.78 is 42.3. The number of carboxylic acid groups (broad SMARTS) is 1. The van der Waals surface area contributed by atoms with Crippen molar-refractivity contribution >= 4 is 21.6 Å². The largest absolute Gasteiger partial charge is 0.465 e. The van der Waals surface area contributed by atoms with Crippen LogP contribution in [0.2, 0.25) is 0 Å². The number of aryl methyl sites for hydroxylation is 1. The van der Waals surface area contributed by atoms with Gasteiger partial charge in [0.15, 0.2) is 0 Å². The topological polar surface area (TPSA) is 111 Å². The van der Waals surface area contributed by atoms with Crippen LogP contribution in [0.3, 0.4) is 0 Å². The molecule has 2 aromatic carbocycles. The Morgan fingerprint density at radius 2 is 1.73 bits per heavy atom. The van der Waals surface area contributed by atoms with Gasteiger partial charge in [-0.2, -0.15) is 5.10 Å². The van der Waals surface area contributed by atoms with E-state index >= 15 is 0 Å². The molecule has 1 aliphatic carbocycles. The molecule has 4 heterocycles. The van der Waals surface area contributed by atoms with Crippen LogP contribution in [-0.4, -0.2) is 97.6 Å². The molecule has 0 bridgehead atoms. The second-order valence-electron chi connectivity index (χ2n) is 14.5. The van der Waals surface area contributed by atoms with Crippen molar-refractivity contribution in [2.24, 2.45) is 24.8 Å². The lowest BCUT2D eigenvalue weighted by atomic mass is 9.57. The van der Waals surface area contributed by atoms with E-state index in [1.165, 1.54) is 29.6 Å². The maximum atomic E-state index is 14.9. The van der Waals surface area contributed by atoms with E-state index in [0.717, 1.165) is 95.7 Å². The van der Waals surface area contributed by atoms with Gasteiger partial charge in [-0.05, 0) is 112 Å². The molecule has 1 aromatic heterocycles. The van der Waals surface area contributed by atoms with Crippen LogP contribution in [0.1, 0.15) is 44.1 Å². The average Bonchev–Trinajstić information content (AvgIpc) is 3.68. The molecule has 1 saturated carbocycles. The Morgan fingerprint density at radius 1 is 0.979 bits per heavy atom. The summed E-state index contributed by atoms with van der Waals surface area (Å²) in [6.45, 7) is 7.77. The van der Waals surface area contributed by atoms with E-state index in [-0.39, 0.29) is 33.0 Å². The van der Waals surface area contributed by atoms with Crippen LogP contribution < -0.4 is 10.2 Å². The number of hydrogen-bond acceptors (Lipinski definition) is 7. The van der Waals surface area contributed by atoms with Gasteiger partial charge in [0, 0.05) is 62.5 Å². The summed E-state index contributed by atoms with van der Waals surface area (Å²) in [5.74, 6) is 0.765. The van der Waals surface area contributed by atoms with Gasteiger partial charge in [0.2, 0.25) is 9.84 Å². The second-order valence-corrected chi connectivity index (χ2v) is 16.4. The fourth-order valence-electron chi connectivity index (χ4n) is 9.09. The van der Waals surface area contributed by atoms with Gasteiger partial charge < -0.3 is 25.1 Å². The minimum absolute atomic E-state index is 0.124. The molecule has 4 aliphatic rings. The first-order valence-corrected chi connectivity index (χ1v) is 18.9. The number of anilines is 1. The van der Waals surface area contributed by atoms with E-state index in [0.29, 0.717) is 11.8 Å². The zero-order valence-corrected chi connectivity index (χ0v) is 28.5. The van der Waals surface area contributed by atoms with Gasteiger partial charge in [-0.3, -0.25) is 4.68 Å². The molecule has 10 nitrogen and oxygen atoms in total. The normalized spacial score (nSPS) is 24.2. The van der Waals surface area contributed by atoms with Crippen molar-refractivity contribution in [2.45, 2.75) is 59.8 Å². The summed E-state index contributed by atoms with van der Waals surface area (Å²) >= 11 is 0. The van der Waals surface area contributed by atoms with Gasteiger partial charge in [-0.25, -0.2) is 17.6 Å². The lowest BCUT2D eigenvalue weighted by Crippen LogP contribution is -2.60. The van der Waals surface area contributed by atoms with Crippen molar-refractivity contribution in [1.82, 2.24) is 24.9 Å². The Bertz CT molecular complexity index is 1700. The Balaban J connectivity index is 1.01. The number of hydrogen-bond donors (Lipinski definition) is 2. The van der Waals surface area contributed by atoms with Gasteiger partial charge in [-0.15, -0.1) is 0 Å². The molecule has 1 unspecified atom stereocenters. The number of nitrogens with zero attached hydrogens (tertiary/aromatic N) is 5. The smallest absolute Gasteiger partial charge is 0.404 e. The third kappa shape index (κ3) is 6.46. The highest BCUT2D eigenvalue weighted by atomic mass is 32.2. The van der Waals surface area contributed by atoms with Crippen LogP contribution in [0.5, 0.6) is 0 Å². The third-order valence-corrected chi connectivity index (χ3v) is 13.3. The van der Waals surface area contributed by atoms with Gasteiger partial charge in [0.1, 0.15) is 10.7 Å². The van der Waals surface area contributed by atoms with Gasteiger partial charge in [0.05, 0.1) is 11.1 Å². The Labute approximate surface area is 282 Å². The first-order valence-electron chi connectivity index (χ1n) is 17.4. The fourth-order valence-corrected chi connectivity index (χ4v) is 10.3. The maximum Gasteiger partial charge on any atom is 0.404 e. The summed E-state index contributed by atoms with van der Waals surface area (Å²) in [7, 11) is -1.89. The molecule has 7 rings (SSSR count). The molecule has 0 radical (unpaired) electrons. The number of sulfone groups is 1. The molecular weight excluding hydrogens is 631 g/mol. The fraction of sp³-hybridized carbons (Fsp3) is 0.556. The molecule has 12 heteroatoms. The number of halogens is 1. The minimum Gasteiger partial charge on any atom is -0.465 e. The van der Waals surface area contributed by atoms with Gasteiger partial charge in [0.25, 0.3) is 0 Å². The third-order valence-electron chi connectivity index (χ3n) is 11.6. The lowest BCUT2D eigenvalue weighted by Gasteiger charge is -2.54. The molecule has 3 aromatic rings. The number of likely N-dealkylation sites (tertiary alicyclic amines) is 2. The Morgan fingerprint density at radius 3 is 2.35 bits per heavy atom. The summed E-state index contributed by atoms with van der Waals surface area (Å²) in [5, 5.41) is 16.6. The quantitative estimate of drug-likeness (QED) is 0.303. The Kier molecular flexibility index (Phi) is 9.25. The highest BCUT2D eigenvalue weighted by Gasteiger charge is 2.53.